The molecule has 12 heavy (non-hydrogen) atoms. The number of hydrogen-bond donors (Lipinski definition) is 0. The molecule has 0 aromatic rings. The zero-order valence-corrected chi connectivity index (χ0v) is 9.51. The molecule has 0 unspecified atom stereocenters. The third kappa shape index (κ3) is 3.13. The Balaban J connectivity index is 2.12. The van der Waals surface area contributed by atoms with Gasteiger partial charge in [0.2, 0.25) is 0 Å². The van der Waals surface area contributed by atoms with E-state index < -0.39 is 0 Å². The Hall–Kier alpha value is -0.0500. The lowest BCUT2D eigenvalue weighted by Gasteiger charge is -2.02. The van der Waals surface area contributed by atoms with Crippen molar-refractivity contribution < 1.29 is 0 Å². The van der Waals surface area contributed by atoms with Gasteiger partial charge in [-0.05, 0) is 34.8 Å². The maximum atomic E-state index is 3.98. The van der Waals surface area contributed by atoms with Gasteiger partial charge in [0.25, 0.3) is 0 Å². The average Bonchev–Trinajstić information content (AvgIpc) is 2.46. The summed E-state index contributed by atoms with van der Waals surface area (Å²) >= 11 is 2.43. The summed E-state index contributed by atoms with van der Waals surface area (Å²) in [5.74, 6) is 0. The summed E-state index contributed by atoms with van der Waals surface area (Å²) in [5.41, 5.74) is 2.65. The molecule has 0 saturated heterocycles. The second-order valence-electron chi connectivity index (χ2n) is 3.08. The number of unbranched alkanes of at least 4 members (excludes halogenated alkanes) is 2. The molecule has 0 nitrogen and oxygen atoms in total. The lowest BCUT2D eigenvalue weighted by molar-refractivity contribution is 0.727. The largest absolute Gasteiger partial charge is 0.0915 e. The molecule has 0 aliphatic heterocycles. The molecule has 0 spiro atoms. The molecular weight excluding hydrogens is 259 g/mol. The first kappa shape index (κ1) is 10.0. The molecule has 0 aromatic heterocycles. The van der Waals surface area contributed by atoms with Gasteiger partial charge in [-0.2, -0.15) is 0 Å². The van der Waals surface area contributed by atoms with Crippen molar-refractivity contribution in [3.63, 3.8) is 0 Å². The highest BCUT2D eigenvalue weighted by molar-refractivity contribution is 14.1. The van der Waals surface area contributed by atoms with Crippen LogP contribution in [0, 0.1) is 0 Å². The van der Waals surface area contributed by atoms with E-state index in [-0.39, 0.29) is 0 Å². The standard InChI is InChI=1S/C11H15I/c1-10-6-5-8-11(10)7-3-2-4-9-12/h5-6,8H,1-4,7,9H2. The Morgan fingerprint density at radius 1 is 1.25 bits per heavy atom. The highest BCUT2D eigenvalue weighted by Gasteiger charge is 2.02. The SMILES string of the molecule is C=C1C=CC=C1CCCCCI. The zero-order valence-electron chi connectivity index (χ0n) is 7.35. The molecule has 1 aliphatic rings. The predicted octanol–water partition coefficient (Wildman–Crippen LogP) is 4.03. The first-order chi connectivity index (χ1) is 5.84. The smallest absolute Gasteiger partial charge is 0.000473 e. The van der Waals surface area contributed by atoms with Crippen molar-refractivity contribution in [3.05, 3.63) is 36.0 Å². The molecule has 1 aliphatic carbocycles. The summed E-state index contributed by atoms with van der Waals surface area (Å²) in [6, 6.07) is 0. The predicted molar refractivity (Wildman–Crippen MR) is 63.7 cm³/mol. The summed E-state index contributed by atoms with van der Waals surface area (Å²) in [6.07, 6.45) is 11.6. The first-order valence-corrected chi connectivity index (χ1v) is 5.99. The van der Waals surface area contributed by atoms with E-state index in [4.69, 9.17) is 0 Å². The van der Waals surface area contributed by atoms with Crippen molar-refractivity contribution in [2.75, 3.05) is 4.43 Å². The molecule has 0 fully saturated rings. The van der Waals surface area contributed by atoms with Crippen LogP contribution >= 0.6 is 22.6 Å². The molecule has 0 aromatic carbocycles. The third-order valence-electron chi connectivity index (χ3n) is 2.09. The van der Waals surface area contributed by atoms with E-state index in [1.807, 2.05) is 0 Å². The maximum Gasteiger partial charge on any atom is -0.000473 e. The van der Waals surface area contributed by atoms with E-state index in [2.05, 4.69) is 47.4 Å². The van der Waals surface area contributed by atoms with E-state index in [1.165, 1.54) is 41.3 Å². The van der Waals surface area contributed by atoms with Crippen molar-refractivity contribution in [2.24, 2.45) is 0 Å². The van der Waals surface area contributed by atoms with Gasteiger partial charge >= 0.3 is 0 Å². The molecule has 0 N–H and O–H groups in total. The third-order valence-corrected chi connectivity index (χ3v) is 2.85. The van der Waals surface area contributed by atoms with Crippen molar-refractivity contribution in [2.45, 2.75) is 25.7 Å². The minimum absolute atomic E-state index is 1.21. The minimum atomic E-state index is 1.21. The quantitative estimate of drug-likeness (QED) is 0.403. The average molecular weight is 274 g/mol. The topological polar surface area (TPSA) is 0 Å². The molecule has 66 valence electrons. The van der Waals surface area contributed by atoms with Gasteiger partial charge < -0.3 is 0 Å². The highest BCUT2D eigenvalue weighted by Crippen LogP contribution is 2.22. The normalized spacial score (nSPS) is 15.4. The van der Waals surface area contributed by atoms with E-state index >= 15 is 0 Å². The van der Waals surface area contributed by atoms with Crippen LogP contribution in [0.1, 0.15) is 25.7 Å². The van der Waals surface area contributed by atoms with Crippen LogP contribution in [-0.4, -0.2) is 4.43 Å². The molecule has 1 rings (SSSR count). The van der Waals surface area contributed by atoms with Crippen LogP contribution in [0.4, 0.5) is 0 Å². The Morgan fingerprint density at radius 3 is 2.67 bits per heavy atom. The molecule has 0 amide bonds. The van der Waals surface area contributed by atoms with Crippen molar-refractivity contribution >= 4 is 22.6 Å². The van der Waals surface area contributed by atoms with Crippen LogP contribution in [0.3, 0.4) is 0 Å². The molecule has 0 radical (unpaired) electrons. The van der Waals surface area contributed by atoms with Crippen molar-refractivity contribution in [1.29, 1.82) is 0 Å². The number of hydrogen-bond acceptors (Lipinski definition) is 0. The summed E-state index contributed by atoms with van der Waals surface area (Å²) < 4.78 is 1.29. The van der Waals surface area contributed by atoms with Crippen LogP contribution in [0.2, 0.25) is 0 Å². The fourth-order valence-corrected chi connectivity index (χ4v) is 1.86. The molecule has 0 bridgehead atoms. The van der Waals surface area contributed by atoms with Crippen LogP contribution in [-0.2, 0) is 0 Å². The number of rotatable bonds is 5. The van der Waals surface area contributed by atoms with Gasteiger partial charge in [-0.15, -0.1) is 0 Å². The minimum Gasteiger partial charge on any atom is -0.0915 e. The van der Waals surface area contributed by atoms with Crippen LogP contribution < -0.4 is 0 Å². The fourth-order valence-electron chi connectivity index (χ4n) is 1.33. The number of halogens is 1. The van der Waals surface area contributed by atoms with Gasteiger partial charge in [0.1, 0.15) is 0 Å². The van der Waals surface area contributed by atoms with Crippen LogP contribution in [0.5, 0.6) is 0 Å². The van der Waals surface area contributed by atoms with Gasteiger partial charge in [-0.1, -0.05) is 53.8 Å². The Bertz CT molecular complexity index is 211. The van der Waals surface area contributed by atoms with Gasteiger partial charge in [0.05, 0.1) is 0 Å². The monoisotopic (exact) mass is 274 g/mol. The summed E-state index contributed by atoms with van der Waals surface area (Å²) in [7, 11) is 0. The second kappa shape index (κ2) is 5.57. The molecule has 0 atom stereocenters. The van der Waals surface area contributed by atoms with Crippen molar-refractivity contribution in [1.82, 2.24) is 0 Å². The maximum absolute atomic E-state index is 3.98. The Morgan fingerprint density at radius 2 is 2.08 bits per heavy atom. The molecule has 1 heteroatoms. The highest BCUT2D eigenvalue weighted by atomic mass is 127. The number of alkyl halides is 1. The van der Waals surface area contributed by atoms with Crippen LogP contribution in [0.25, 0.3) is 0 Å². The van der Waals surface area contributed by atoms with E-state index in [0.29, 0.717) is 0 Å². The zero-order chi connectivity index (χ0) is 8.81. The van der Waals surface area contributed by atoms with Gasteiger partial charge in [0.15, 0.2) is 0 Å². The van der Waals surface area contributed by atoms with Gasteiger partial charge in [0, 0.05) is 0 Å². The first-order valence-electron chi connectivity index (χ1n) is 4.47. The summed E-state index contributed by atoms with van der Waals surface area (Å²) in [5, 5.41) is 0. The van der Waals surface area contributed by atoms with Crippen LogP contribution in [0.15, 0.2) is 36.0 Å². The molecular formula is C11H15I. The van der Waals surface area contributed by atoms with E-state index in [9.17, 15) is 0 Å². The summed E-state index contributed by atoms with van der Waals surface area (Å²) in [4.78, 5) is 0. The van der Waals surface area contributed by atoms with Gasteiger partial charge in [-0.3, -0.25) is 0 Å². The molecule has 0 saturated carbocycles. The Kier molecular flexibility index (Phi) is 4.66. The summed E-state index contributed by atoms with van der Waals surface area (Å²) in [6.45, 7) is 3.98. The lowest BCUT2D eigenvalue weighted by Crippen LogP contribution is -1.84. The van der Waals surface area contributed by atoms with Crippen molar-refractivity contribution in [3.8, 4) is 0 Å². The van der Waals surface area contributed by atoms with E-state index in [1.54, 1.807) is 0 Å². The lowest BCUT2D eigenvalue weighted by atomic mass is 10.0. The number of allylic oxidation sites excluding steroid dienone is 5. The van der Waals surface area contributed by atoms with Gasteiger partial charge in [-0.25, -0.2) is 0 Å². The molecule has 0 heterocycles. The van der Waals surface area contributed by atoms with E-state index in [0.717, 1.165) is 0 Å². The second-order valence-corrected chi connectivity index (χ2v) is 4.15. The Labute approximate surface area is 88.6 Å². The fraction of sp³-hybridized carbons (Fsp3) is 0.455.